The van der Waals surface area contributed by atoms with E-state index in [4.69, 9.17) is 28.2 Å². The van der Waals surface area contributed by atoms with Crippen LogP contribution in [0.3, 0.4) is 0 Å². The molecule has 4 aromatic rings. The van der Waals surface area contributed by atoms with E-state index in [1.54, 1.807) is 42.6 Å². The van der Waals surface area contributed by atoms with Crippen molar-refractivity contribution in [2.24, 2.45) is 0 Å². The largest absolute Gasteiger partial charge is 0.434 e. The second-order valence-electron chi connectivity index (χ2n) is 6.75. The van der Waals surface area contributed by atoms with Gasteiger partial charge in [0.15, 0.2) is 16.3 Å². The standard InChI is InChI=1S/C22H17ClN4O2S/c1-12-5-6-14(10-13(12)2)20(28)27-22(30)25-17-11-15(7-8-16(17)23)21-26-19-18(29-21)4-3-9-24-19/h3-11H,1-2H3,(H2,25,27,28,30). The Morgan fingerprint density at radius 3 is 2.70 bits per heavy atom. The first kappa shape index (κ1) is 20.0. The quantitative estimate of drug-likeness (QED) is 0.425. The average Bonchev–Trinajstić information content (AvgIpc) is 3.16. The number of aryl methyl sites for hydroxylation is 2. The number of oxazole rings is 1. The Morgan fingerprint density at radius 2 is 1.93 bits per heavy atom. The van der Waals surface area contributed by atoms with Crippen LogP contribution < -0.4 is 10.6 Å². The van der Waals surface area contributed by atoms with Crippen LogP contribution in [0.5, 0.6) is 0 Å². The molecule has 0 aliphatic carbocycles. The summed E-state index contributed by atoms with van der Waals surface area (Å²) in [5, 5.41) is 6.21. The third-order valence-electron chi connectivity index (χ3n) is 4.62. The van der Waals surface area contributed by atoms with E-state index in [2.05, 4.69) is 20.6 Å². The molecule has 8 heteroatoms. The maximum Gasteiger partial charge on any atom is 0.257 e. The Kier molecular flexibility index (Phi) is 5.48. The number of amides is 1. The van der Waals surface area contributed by atoms with Gasteiger partial charge in [0.25, 0.3) is 5.91 Å². The SMILES string of the molecule is Cc1ccc(C(=O)NC(=S)Nc2cc(-c3nc4ncccc4o3)ccc2Cl)cc1C. The van der Waals surface area contributed by atoms with E-state index in [0.29, 0.717) is 39.0 Å². The van der Waals surface area contributed by atoms with Gasteiger partial charge in [-0.05, 0) is 79.7 Å². The van der Waals surface area contributed by atoms with E-state index < -0.39 is 0 Å². The zero-order chi connectivity index (χ0) is 21.3. The van der Waals surface area contributed by atoms with E-state index >= 15 is 0 Å². The second kappa shape index (κ2) is 8.22. The fraction of sp³-hybridized carbons (Fsp3) is 0.0909. The molecule has 30 heavy (non-hydrogen) atoms. The van der Waals surface area contributed by atoms with E-state index in [9.17, 15) is 4.79 Å². The third kappa shape index (κ3) is 4.17. The molecule has 6 nitrogen and oxygen atoms in total. The van der Waals surface area contributed by atoms with Crippen LogP contribution in [0.2, 0.25) is 5.02 Å². The van der Waals surface area contributed by atoms with Crippen LogP contribution in [-0.2, 0) is 0 Å². The van der Waals surface area contributed by atoms with Crippen LogP contribution in [0, 0.1) is 13.8 Å². The van der Waals surface area contributed by atoms with Gasteiger partial charge >= 0.3 is 0 Å². The van der Waals surface area contributed by atoms with Crippen LogP contribution in [0.15, 0.2) is 59.1 Å². The molecule has 150 valence electrons. The number of nitrogens with zero attached hydrogens (tertiary/aromatic N) is 2. The molecule has 2 aromatic carbocycles. The topological polar surface area (TPSA) is 80.0 Å². The summed E-state index contributed by atoms with van der Waals surface area (Å²) in [5.74, 6) is 0.112. The molecule has 0 unspecified atom stereocenters. The lowest BCUT2D eigenvalue weighted by atomic mass is 10.1. The van der Waals surface area contributed by atoms with E-state index in [-0.39, 0.29) is 11.0 Å². The van der Waals surface area contributed by atoms with E-state index in [1.165, 1.54) is 0 Å². The molecule has 0 spiro atoms. The number of rotatable bonds is 3. The lowest BCUT2D eigenvalue weighted by Gasteiger charge is -2.12. The van der Waals surface area contributed by atoms with Gasteiger partial charge in [0.1, 0.15) is 0 Å². The first-order chi connectivity index (χ1) is 14.4. The van der Waals surface area contributed by atoms with Crippen molar-refractivity contribution in [3.05, 3.63) is 76.4 Å². The molecule has 4 rings (SSSR count). The second-order valence-corrected chi connectivity index (χ2v) is 7.56. The minimum absolute atomic E-state index is 0.136. The Morgan fingerprint density at radius 1 is 1.10 bits per heavy atom. The summed E-state index contributed by atoms with van der Waals surface area (Å²) in [7, 11) is 0. The van der Waals surface area contributed by atoms with Gasteiger partial charge in [-0.25, -0.2) is 4.98 Å². The number of carbonyl (C=O) groups is 1. The van der Waals surface area contributed by atoms with Crippen molar-refractivity contribution in [1.29, 1.82) is 0 Å². The predicted octanol–water partition coefficient (Wildman–Crippen LogP) is 5.29. The normalized spacial score (nSPS) is 10.8. The van der Waals surface area contributed by atoms with Crippen molar-refractivity contribution in [2.45, 2.75) is 13.8 Å². The van der Waals surface area contributed by atoms with Crippen LogP contribution in [0.1, 0.15) is 21.5 Å². The van der Waals surface area contributed by atoms with Gasteiger partial charge in [0.2, 0.25) is 5.89 Å². The monoisotopic (exact) mass is 436 g/mol. The first-order valence-corrected chi connectivity index (χ1v) is 9.90. The Labute approximate surface area is 183 Å². The molecular formula is C22H17ClN4O2S. The van der Waals surface area contributed by atoms with Gasteiger partial charge < -0.3 is 9.73 Å². The summed E-state index contributed by atoms with van der Waals surface area (Å²) >= 11 is 11.6. The zero-order valence-corrected chi connectivity index (χ0v) is 17.8. The average molecular weight is 437 g/mol. The number of fused-ring (bicyclic) bond motifs is 1. The number of aromatic nitrogens is 2. The number of halogens is 1. The molecule has 2 aromatic heterocycles. The zero-order valence-electron chi connectivity index (χ0n) is 16.2. The maximum absolute atomic E-state index is 12.5. The highest BCUT2D eigenvalue weighted by Gasteiger charge is 2.13. The molecule has 0 bridgehead atoms. The molecular weight excluding hydrogens is 420 g/mol. The number of hydrogen-bond acceptors (Lipinski definition) is 5. The number of carbonyl (C=O) groups excluding carboxylic acids is 1. The minimum Gasteiger partial charge on any atom is -0.434 e. The Balaban J connectivity index is 1.52. The smallest absolute Gasteiger partial charge is 0.257 e. The lowest BCUT2D eigenvalue weighted by molar-refractivity contribution is 0.0977. The fourth-order valence-electron chi connectivity index (χ4n) is 2.86. The highest BCUT2D eigenvalue weighted by molar-refractivity contribution is 7.80. The van der Waals surface area contributed by atoms with Gasteiger partial charge in [-0.2, -0.15) is 4.98 Å². The third-order valence-corrected chi connectivity index (χ3v) is 5.16. The number of thiocarbonyl (C=S) groups is 1. The maximum atomic E-state index is 12.5. The number of pyridine rings is 1. The van der Waals surface area contributed by atoms with Crippen LogP contribution in [-0.4, -0.2) is 21.0 Å². The van der Waals surface area contributed by atoms with Crippen molar-refractivity contribution in [3.63, 3.8) is 0 Å². The summed E-state index contributed by atoms with van der Waals surface area (Å²) in [6, 6.07) is 14.3. The van der Waals surface area contributed by atoms with Gasteiger partial charge in [-0.15, -0.1) is 0 Å². The summed E-state index contributed by atoms with van der Waals surface area (Å²) in [6.45, 7) is 3.95. The molecule has 2 heterocycles. The van der Waals surface area contributed by atoms with Gasteiger partial charge in [0.05, 0.1) is 10.7 Å². The fourth-order valence-corrected chi connectivity index (χ4v) is 3.23. The van der Waals surface area contributed by atoms with Gasteiger partial charge in [-0.1, -0.05) is 17.7 Å². The summed E-state index contributed by atoms with van der Waals surface area (Å²) in [5.41, 5.74) is 5.01. The van der Waals surface area contributed by atoms with Crippen molar-refractivity contribution in [2.75, 3.05) is 5.32 Å². The number of anilines is 1. The summed E-state index contributed by atoms with van der Waals surface area (Å²) < 4.78 is 5.75. The predicted molar refractivity (Wildman–Crippen MR) is 122 cm³/mol. The Hall–Kier alpha value is -3.29. The van der Waals surface area contributed by atoms with Crippen molar-refractivity contribution >= 4 is 51.8 Å². The van der Waals surface area contributed by atoms with E-state index in [0.717, 1.165) is 11.1 Å². The lowest BCUT2D eigenvalue weighted by Crippen LogP contribution is -2.34. The van der Waals surface area contributed by atoms with Crippen LogP contribution in [0.4, 0.5) is 5.69 Å². The molecule has 0 atom stereocenters. The minimum atomic E-state index is -0.298. The Bertz CT molecular complexity index is 1250. The van der Waals surface area contributed by atoms with E-state index in [1.807, 2.05) is 26.0 Å². The highest BCUT2D eigenvalue weighted by Crippen LogP contribution is 2.30. The van der Waals surface area contributed by atoms with Gasteiger partial charge in [0, 0.05) is 17.3 Å². The number of nitrogens with one attached hydrogen (secondary N) is 2. The molecule has 0 saturated heterocycles. The van der Waals surface area contributed by atoms with Crippen LogP contribution >= 0.6 is 23.8 Å². The molecule has 0 aliphatic rings. The highest BCUT2D eigenvalue weighted by atomic mass is 35.5. The summed E-state index contributed by atoms with van der Waals surface area (Å²) in [4.78, 5) is 21.0. The summed E-state index contributed by atoms with van der Waals surface area (Å²) in [6.07, 6.45) is 1.65. The number of hydrogen-bond donors (Lipinski definition) is 2. The molecule has 0 radical (unpaired) electrons. The molecule has 0 fully saturated rings. The molecule has 2 N–H and O–H groups in total. The first-order valence-electron chi connectivity index (χ1n) is 9.12. The van der Waals surface area contributed by atoms with Crippen molar-refractivity contribution < 1.29 is 9.21 Å². The molecule has 0 aliphatic heterocycles. The number of benzene rings is 2. The molecule has 1 amide bonds. The van der Waals surface area contributed by atoms with Gasteiger partial charge in [-0.3, -0.25) is 10.1 Å². The molecule has 0 saturated carbocycles. The van der Waals surface area contributed by atoms with Crippen LogP contribution in [0.25, 0.3) is 22.7 Å². The van der Waals surface area contributed by atoms with Crippen molar-refractivity contribution in [1.82, 2.24) is 15.3 Å². The van der Waals surface area contributed by atoms with Crippen molar-refractivity contribution in [3.8, 4) is 11.5 Å².